The number of hydrogen-bond donors (Lipinski definition) is 2. The first-order chi connectivity index (χ1) is 8.77. The molecule has 19 heavy (non-hydrogen) atoms. The number of aromatic carboxylic acids is 1. The molecule has 1 rings (SSSR count). The normalized spacial score (nSPS) is 12.7. The van der Waals surface area contributed by atoms with Crippen molar-refractivity contribution in [2.45, 2.75) is 11.8 Å². The van der Waals surface area contributed by atoms with Gasteiger partial charge in [-0.3, -0.25) is 0 Å². The second kappa shape index (κ2) is 5.77. The molecule has 0 heterocycles. The van der Waals surface area contributed by atoms with Crippen molar-refractivity contribution in [3.05, 3.63) is 29.6 Å². The van der Waals surface area contributed by atoms with Crippen LogP contribution in [0.25, 0.3) is 0 Å². The highest BCUT2D eigenvalue weighted by atomic mass is 32.2. The highest BCUT2D eigenvalue weighted by molar-refractivity contribution is 7.89. The van der Waals surface area contributed by atoms with E-state index in [9.17, 15) is 17.6 Å². The summed E-state index contributed by atoms with van der Waals surface area (Å²) in [7, 11) is -4.19. The van der Waals surface area contributed by atoms with Crippen LogP contribution in [0.15, 0.2) is 23.1 Å². The second-order valence-electron chi connectivity index (χ2n) is 3.83. The lowest BCUT2D eigenvalue weighted by molar-refractivity contribution is 0.0696. The van der Waals surface area contributed by atoms with Crippen LogP contribution in [0.2, 0.25) is 0 Å². The average Bonchev–Trinajstić information content (AvgIpc) is 2.36. The first kappa shape index (κ1) is 15.1. The molecule has 0 radical (unpaired) electrons. The maximum absolute atomic E-state index is 13.5. The Hall–Kier alpha value is -1.98. The van der Waals surface area contributed by atoms with Gasteiger partial charge in [0.1, 0.15) is 10.7 Å². The van der Waals surface area contributed by atoms with Gasteiger partial charge in [0, 0.05) is 6.54 Å². The molecule has 0 aliphatic carbocycles. The molecule has 0 amide bonds. The molecule has 0 aliphatic heterocycles. The monoisotopic (exact) mass is 286 g/mol. The van der Waals surface area contributed by atoms with Gasteiger partial charge in [0.2, 0.25) is 10.0 Å². The van der Waals surface area contributed by atoms with Crippen LogP contribution in [0.1, 0.15) is 17.3 Å². The lowest BCUT2D eigenvalue weighted by Crippen LogP contribution is -2.28. The summed E-state index contributed by atoms with van der Waals surface area (Å²) in [5.74, 6) is -3.00. The van der Waals surface area contributed by atoms with Crippen molar-refractivity contribution in [1.29, 1.82) is 5.26 Å². The number of benzene rings is 1. The number of nitriles is 1. The first-order valence-electron chi connectivity index (χ1n) is 5.20. The standard InChI is InChI=1S/C11H11FN2O4S/c1-7(5-13)6-14-19(17,18)10-4-8(11(15)16)2-3-9(10)12/h2-4,7,14H,6H2,1H3,(H,15,16). The number of carboxylic acid groups (broad SMARTS) is 1. The number of halogens is 1. The summed E-state index contributed by atoms with van der Waals surface area (Å²) >= 11 is 0. The Morgan fingerprint density at radius 1 is 1.58 bits per heavy atom. The molecule has 0 bridgehead atoms. The van der Waals surface area contributed by atoms with Crippen LogP contribution in [0.3, 0.4) is 0 Å². The molecule has 1 aromatic carbocycles. The number of nitrogens with one attached hydrogen (secondary N) is 1. The van der Waals surface area contributed by atoms with E-state index in [4.69, 9.17) is 10.4 Å². The molecule has 1 unspecified atom stereocenters. The van der Waals surface area contributed by atoms with Crippen molar-refractivity contribution >= 4 is 16.0 Å². The minimum Gasteiger partial charge on any atom is -0.478 e. The summed E-state index contributed by atoms with van der Waals surface area (Å²) in [4.78, 5) is 9.97. The Morgan fingerprint density at radius 3 is 2.74 bits per heavy atom. The zero-order valence-corrected chi connectivity index (χ0v) is 10.7. The molecule has 6 nitrogen and oxygen atoms in total. The molecule has 0 fully saturated rings. The largest absolute Gasteiger partial charge is 0.478 e. The molecule has 1 atom stereocenters. The van der Waals surface area contributed by atoms with Gasteiger partial charge in [-0.15, -0.1) is 0 Å². The Labute approximate surface area is 109 Å². The summed E-state index contributed by atoms with van der Waals surface area (Å²) in [6.07, 6.45) is 0. The summed E-state index contributed by atoms with van der Waals surface area (Å²) in [5.41, 5.74) is -0.338. The minimum atomic E-state index is -4.19. The predicted octanol–water partition coefficient (Wildman–Crippen LogP) is 0.962. The van der Waals surface area contributed by atoms with E-state index >= 15 is 0 Å². The Kier molecular flexibility index (Phi) is 4.58. The smallest absolute Gasteiger partial charge is 0.335 e. The second-order valence-corrected chi connectivity index (χ2v) is 5.57. The predicted molar refractivity (Wildman–Crippen MR) is 63.3 cm³/mol. The molecule has 0 saturated carbocycles. The number of carboxylic acids is 1. The molecule has 8 heteroatoms. The number of rotatable bonds is 5. The van der Waals surface area contributed by atoms with Crippen molar-refractivity contribution in [3.8, 4) is 6.07 Å². The fraction of sp³-hybridized carbons (Fsp3) is 0.273. The summed E-state index contributed by atoms with van der Waals surface area (Å²) < 4.78 is 39.1. The third kappa shape index (κ3) is 3.74. The Bertz CT molecular complexity index is 637. The third-order valence-electron chi connectivity index (χ3n) is 2.27. The van der Waals surface area contributed by atoms with E-state index in [1.807, 2.05) is 10.8 Å². The molecule has 0 aliphatic rings. The van der Waals surface area contributed by atoms with Crippen LogP contribution in [0.4, 0.5) is 4.39 Å². The summed E-state index contributed by atoms with van der Waals surface area (Å²) in [5, 5.41) is 17.3. The van der Waals surface area contributed by atoms with Crippen molar-refractivity contribution in [1.82, 2.24) is 4.72 Å². The summed E-state index contributed by atoms with van der Waals surface area (Å²) in [6.45, 7) is 1.31. The van der Waals surface area contributed by atoms with Gasteiger partial charge >= 0.3 is 5.97 Å². The van der Waals surface area contributed by atoms with Gasteiger partial charge < -0.3 is 5.11 Å². The van der Waals surface area contributed by atoms with Crippen molar-refractivity contribution in [2.24, 2.45) is 5.92 Å². The van der Waals surface area contributed by atoms with E-state index in [0.29, 0.717) is 0 Å². The fourth-order valence-corrected chi connectivity index (χ4v) is 2.43. The Morgan fingerprint density at radius 2 is 2.21 bits per heavy atom. The average molecular weight is 286 g/mol. The van der Waals surface area contributed by atoms with Crippen LogP contribution < -0.4 is 4.72 Å². The van der Waals surface area contributed by atoms with E-state index in [-0.39, 0.29) is 12.1 Å². The third-order valence-corrected chi connectivity index (χ3v) is 3.71. The zero-order valence-electron chi connectivity index (χ0n) is 9.92. The number of sulfonamides is 1. The van der Waals surface area contributed by atoms with Gasteiger partial charge in [0.15, 0.2) is 0 Å². The van der Waals surface area contributed by atoms with Crippen LogP contribution in [0.5, 0.6) is 0 Å². The first-order valence-corrected chi connectivity index (χ1v) is 6.68. The van der Waals surface area contributed by atoms with Crippen molar-refractivity contribution in [3.63, 3.8) is 0 Å². The molecule has 102 valence electrons. The highest BCUT2D eigenvalue weighted by Gasteiger charge is 2.21. The number of hydrogen-bond acceptors (Lipinski definition) is 4. The van der Waals surface area contributed by atoms with E-state index < -0.39 is 32.6 Å². The van der Waals surface area contributed by atoms with E-state index in [1.165, 1.54) is 6.92 Å². The van der Waals surface area contributed by atoms with Crippen molar-refractivity contribution in [2.75, 3.05) is 6.54 Å². The van der Waals surface area contributed by atoms with E-state index in [0.717, 1.165) is 18.2 Å². The van der Waals surface area contributed by atoms with Crippen LogP contribution in [0, 0.1) is 23.1 Å². The van der Waals surface area contributed by atoms with Crippen molar-refractivity contribution < 1.29 is 22.7 Å². The maximum atomic E-state index is 13.5. The Balaban J connectivity index is 3.11. The van der Waals surface area contributed by atoms with Gasteiger partial charge in [0.05, 0.1) is 17.6 Å². The molecule has 0 spiro atoms. The number of nitrogens with zero attached hydrogens (tertiary/aromatic N) is 1. The molecule has 0 saturated heterocycles. The molecular formula is C11H11FN2O4S. The topological polar surface area (TPSA) is 107 Å². The lowest BCUT2D eigenvalue weighted by atomic mass is 10.2. The molecule has 0 aromatic heterocycles. The van der Waals surface area contributed by atoms with E-state index in [1.54, 1.807) is 0 Å². The molecular weight excluding hydrogens is 275 g/mol. The van der Waals surface area contributed by atoms with Crippen LogP contribution in [-0.2, 0) is 10.0 Å². The highest BCUT2D eigenvalue weighted by Crippen LogP contribution is 2.16. The maximum Gasteiger partial charge on any atom is 0.335 e. The lowest BCUT2D eigenvalue weighted by Gasteiger charge is -2.09. The van der Waals surface area contributed by atoms with Gasteiger partial charge in [-0.1, -0.05) is 0 Å². The molecule has 1 aromatic rings. The fourth-order valence-electron chi connectivity index (χ4n) is 1.20. The molecule has 2 N–H and O–H groups in total. The quantitative estimate of drug-likeness (QED) is 0.838. The van der Waals surface area contributed by atoms with Gasteiger partial charge in [-0.05, 0) is 25.1 Å². The van der Waals surface area contributed by atoms with Gasteiger partial charge in [-0.2, -0.15) is 5.26 Å². The zero-order chi connectivity index (χ0) is 14.6. The minimum absolute atomic E-state index is 0.185. The van der Waals surface area contributed by atoms with Gasteiger partial charge in [0.25, 0.3) is 0 Å². The van der Waals surface area contributed by atoms with Crippen LogP contribution in [-0.4, -0.2) is 26.0 Å². The van der Waals surface area contributed by atoms with Crippen LogP contribution >= 0.6 is 0 Å². The van der Waals surface area contributed by atoms with Gasteiger partial charge in [-0.25, -0.2) is 22.3 Å². The summed E-state index contributed by atoms with van der Waals surface area (Å²) in [6, 6.07) is 4.29. The SMILES string of the molecule is CC(C#N)CNS(=O)(=O)c1cc(C(=O)O)ccc1F. The van der Waals surface area contributed by atoms with E-state index in [2.05, 4.69) is 0 Å². The number of carbonyl (C=O) groups is 1.